The van der Waals surface area contributed by atoms with E-state index in [1.54, 1.807) is 0 Å². The third kappa shape index (κ3) is 4.14. The molecule has 0 unspecified atom stereocenters. The quantitative estimate of drug-likeness (QED) is 0.519. The minimum atomic E-state index is -1.05. The summed E-state index contributed by atoms with van der Waals surface area (Å²) in [6.45, 7) is 5.82. The average Bonchev–Trinajstić information content (AvgIpc) is 1.85. The van der Waals surface area contributed by atoms with Gasteiger partial charge in [-0.3, -0.25) is 5.43 Å². The highest BCUT2D eigenvalue weighted by Crippen LogP contribution is 2.04. The standard InChI is InChI=1S/C6H14N2O2/c1-4-6(2,3)8-7-5(9)10/h7-8H,4H2,1-3H3,(H,9,10). The van der Waals surface area contributed by atoms with Crippen LogP contribution < -0.4 is 10.9 Å². The SMILES string of the molecule is CCC(C)(C)NNC(=O)O. The van der Waals surface area contributed by atoms with Crippen LogP contribution in [-0.2, 0) is 0 Å². The maximum Gasteiger partial charge on any atom is 0.419 e. The predicted octanol–water partition coefficient (Wildman–Crippen LogP) is 0.947. The van der Waals surface area contributed by atoms with Crippen LogP contribution >= 0.6 is 0 Å². The Morgan fingerprint density at radius 1 is 1.60 bits per heavy atom. The summed E-state index contributed by atoms with van der Waals surface area (Å²) in [5, 5.41) is 8.20. The molecule has 4 nitrogen and oxygen atoms in total. The smallest absolute Gasteiger partial charge is 0.419 e. The van der Waals surface area contributed by atoms with E-state index in [1.807, 2.05) is 20.8 Å². The Morgan fingerprint density at radius 3 is 2.40 bits per heavy atom. The van der Waals surface area contributed by atoms with E-state index >= 15 is 0 Å². The first kappa shape index (κ1) is 9.23. The Labute approximate surface area is 60.6 Å². The van der Waals surface area contributed by atoms with Crippen LogP contribution in [0.3, 0.4) is 0 Å². The fourth-order valence-corrected chi connectivity index (χ4v) is 0.311. The van der Waals surface area contributed by atoms with Crippen molar-refractivity contribution in [3.63, 3.8) is 0 Å². The first-order chi connectivity index (χ1) is 4.48. The van der Waals surface area contributed by atoms with Crippen molar-refractivity contribution in [3.05, 3.63) is 0 Å². The topological polar surface area (TPSA) is 61.4 Å². The van der Waals surface area contributed by atoms with Crippen molar-refractivity contribution in [3.8, 4) is 0 Å². The third-order valence-corrected chi connectivity index (χ3v) is 1.39. The van der Waals surface area contributed by atoms with E-state index in [2.05, 4.69) is 10.9 Å². The number of hydrazine groups is 1. The molecule has 0 atom stereocenters. The lowest BCUT2D eigenvalue weighted by Gasteiger charge is -2.23. The number of hydrogen-bond donors (Lipinski definition) is 3. The summed E-state index contributed by atoms with van der Waals surface area (Å²) in [4.78, 5) is 9.99. The van der Waals surface area contributed by atoms with Gasteiger partial charge in [-0.2, -0.15) is 0 Å². The Balaban J connectivity index is 3.56. The van der Waals surface area contributed by atoms with Crippen molar-refractivity contribution in [1.82, 2.24) is 10.9 Å². The van der Waals surface area contributed by atoms with Crippen molar-refractivity contribution < 1.29 is 9.90 Å². The van der Waals surface area contributed by atoms with Gasteiger partial charge in [-0.05, 0) is 20.3 Å². The van der Waals surface area contributed by atoms with Gasteiger partial charge in [0, 0.05) is 5.54 Å². The van der Waals surface area contributed by atoms with Crippen molar-refractivity contribution in [2.45, 2.75) is 32.7 Å². The third-order valence-electron chi connectivity index (χ3n) is 1.39. The Morgan fingerprint density at radius 2 is 2.10 bits per heavy atom. The summed E-state index contributed by atoms with van der Waals surface area (Å²) >= 11 is 0. The molecule has 0 radical (unpaired) electrons. The summed E-state index contributed by atoms with van der Waals surface area (Å²) in [5.41, 5.74) is 4.59. The number of carbonyl (C=O) groups is 1. The van der Waals surface area contributed by atoms with Crippen LogP contribution in [0.1, 0.15) is 27.2 Å². The van der Waals surface area contributed by atoms with E-state index in [-0.39, 0.29) is 5.54 Å². The highest BCUT2D eigenvalue weighted by Gasteiger charge is 2.13. The maximum atomic E-state index is 9.99. The zero-order valence-corrected chi connectivity index (χ0v) is 6.56. The largest absolute Gasteiger partial charge is 0.464 e. The minimum Gasteiger partial charge on any atom is -0.464 e. The Bertz CT molecular complexity index is 123. The van der Waals surface area contributed by atoms with E-state index in [9.17, 15) is 4.79 Å². The number of amides is 1. The van der Waals surface area contributed by atoms with Gasteiger partial charge >= 0.3 is 6.09 Å². The van der Waals surface area contributed by atoms with Crippen molar-refractivity contribution in [1.29, 1.82) is 0 Å². The molecule has 10 heavy (non-hydrogen) atoms. The monoisotopic (exact) mass is 146 g/mol. The Hall–Kier alpha value is -0.770. The summed E-state index contributed by atoms with van der Waals surface area (Å²) in [5.74, 6) is 0. The summed E-state index contributed by atoms with van der Waals surface area (Å²) in [6.07, 6.45) is -0.186. The second-order valence-corrected chi connectivity index (χ2v) is 2.79. The van der Waals surface area contributed by atoms with Gasteiger partial charge in [-0.15, -0.1) is 0 Å². The van der Waals surface area contributed by atoms with Gasteiger partial charge in [-0.25, -0.2) is 10.2 Å². The first-order valence-electron chi connectivity index (χ1n) is 3.24. The second-order valence-electron chi connectivity index (χ2n) is 2.79. The minimum absolute atomic E-state index is 0.168. The lowest BCUT2D eigenvalue weighted by Crippen LogP contribution is -2.49. The van der Waals surface area contributed by atoms with Crippen LogP contribution in [0, 0.1) is 0 Å². The second kappa shape index (κ2) is 3.41. The lowest BCUT2D eigenvalue weighted by molar-refractivity contribution is 0.180. The van der Waals surface area contributed by atoms with E-state index in [0.717, 1.165) is 6.42 Å². The van der Waals surface area contributed by atoms with Crippen LogP contribution in [0.2, 0.25) is 0 Å². The molecule has 0 aliphatic rings. The van der Waals surface area contributed by atoms with Gasteiger partial charge < -0.3 is 5.11 Å². The van der Waals surface area contributed by atoms with Crippen LogP contribution in [0.5, 0.6) is 0 Å². The molecule has 0 aliphatic heterocycles. The van der Waals surface area contributed by atoms with E-state index in [0.29, 0.717) is 0 Å². The molecule has 1 amide bonds. The molecule has 0 bridgehead atoms. The molecule has 0 aromatic heterocycles. The molecule has 0 spiro atoms. The van der Waals surface area contributed by atoms with Gasteiger partial charge in [0.15, 0.2) is 0 Å². The molecule has 3 N–H and O–H groups in total. The first-order valence-corrected chi connectivity index (χ1v) is 3.24. The Kier molecular flexibility index (Phi) is 3.15. The van der Waals surface area contributed by atoms with E-state index in [4.69, 9.17) is 5.11 Å². The zero-order valence-electron chi connectivity index (χ0n) is 6.56. The van der Waals surface area contributed by atoms with Crippen molar-refractivity contribution in [2.24, 2.45) is 0 Å². The van der Waals surface area contributed by atoms with E-state index in [1.165, 1.54) is 0 Å². The number of rotatable bonds is 3. The molecule has 0 saturated heterocycles. The van der Waals surface area contributed by atoms with Crippen molar-refractivity contribution >= 4 is 6.09 Å². The highest BCUT2D eigenvalue weighted by molar-refractivity contribution is 5.63. The zero-order chi connectivity index (χ0) is 8.20. The molecular formula is C6H14N2O2. The fourth-order valence-electron chi connectivity index (χ4n) is 0.311. The molecule has 0 fully saturated rings. The van der Waals surface area contributed by atoms with Gasteiger partial charge in [0.2, 0.25) is 0 Å². The molecule has 0 aromatic rings. The molecule has 4 heteroatoms. The van der Waals surface area contributed by atoms with Crippen LogP contribution in [0.4, 0.5) is 4.79 Å². The van der Waals surface area contributed by atoms with Crippen LogP contribution in [0.15, 0.2) is 0 Å². The summed E-state index contributed by atoms with van der Waals surface area (Å²) in [7, 11) is 0. The highest BCUT2D eigenvalue weighted by atomic mass is 16.4. The lowest BCUT2D eigenvalue weighted by atomic mass is 10.0. The van der Waals surface area contributed by atoms with Gasteiger partial charge in [0.05, 0.1) is 0 Å². The molecule has 0 rings (SSSR count). The van der Waals surface area contributed by atoms with Gasteiger partial charge in [-0.1, -0.05) is 6.92 Å². The van der Waals surface area contributed by atoms with Crippen molar-refractivity contribution in [2.75, 3.05) is 0 Å². The number of hydrogen-bond acceptors (Lipinski definition) is 2. The molecule has 0 aromatic carbocycles. The molecule has 0 aliphatic carbocycles. The number of nitrogens with one attached hydrogen (secondary N) is 2. The summed E-state index contributed by atoms with van der Waals surface area (Å²) < 4.78 is 0. The molecule has 0 heterocycles. The normalized spacial score (nSPS) is 11.1. The summed E-state index contributed by atoms with van der Waals surface area (Å²) in [6, 6.07) is 0. The fraction of sp³-hybridized carbons (Fsp3) is 0.833. The molecular weight excluding hydrogens is 132 g/mol. The molecule has 0 saturated carbocycles. The predicted molar refractivity (Wildman–Crippen MR) is 38.7 cm³/mol. The maximum absolute atomic E-state index is 9.99. The average molecular weight is 146 g/mol. The number of carboxylic acid groups (broad SMARTS) is 1. The van der Waals surface area contributed by atoms with Gasteiger partial charge in [0.1, 0.15) is 0 Å². The van der Waals surface area contributed by atoms with Crippen LogP contribution in [-0.4, -0.2) is 16.7 Å². The van der Waals surface area contributed by atoms with Gasteiger partial charge in [0.25, 0.3) is 0 Å². The molecule has 60 valence electrons. The van der Waals surface area contributed by atoms with E-state index < -0.39 is 6.09 Å². The van der Waals surface area contributed by atoms with Crippen LogP contribution in [0.25, 0.3) is 0 Å².